The van der Waals surface area contributed by atoms with E-state index < -0.39 is 4.92 Å². The normalized spacial score (nSPS) is 10.4. The lowest BCUT2D eigenvalue weighted by molar-refractivity contribution is -0.384. The number of carbonyl (C=O) groups excluding carboxylic acids is 2. The third kappa shape index (κ3) is 6.01. The smallest absolute Gasteiger partial charge is 0.269 e. The van der Waals surface area contributed by atoms with Crippen molar-refractivity contribution < 1.29 is 14.5 Å². The molecule has 7 heteroatoms. The molecule has 0 aromatic heterocycles. The Morgan fingerprint density at radius 3 is 1.88 bits per heavy atom. The van der Waals surface area contributed by atoms with Crippen LogP contribution in [0.5, 0.6) is 0 Å². The highest BCUT2D eigenvalue weighted by Crippen LogP contribution is 2.16. The van der Waals surface area contributed by atoms with Gasteiger partial charge in [0.1, 0.15) is 0 Å². The lowest BCUT2D eigenvalue weighted by atomic mass is 10.1. The molecule has 2 aromatic carbocycles. The van der Waals surface area contributed by atoms with E-state index in [9.17, 15) is 19.7 Å². The van der Waals surface area contributed by atoms with Gasteiger partial charge in [0.25, 0.3) is 5.69 Å². The van der Waals surface area contributed by atoms with Gasteiger partial charge in [0.15, 0.2) is 0 Å². The lowest BCUT2D eigenvalue weighted by Crippen LogP contribution is -2.15. The Kier molecular flexibility index (Phi) is 6.43. The molecule has 0 heterocycles. The molecule has 0 unspecified atom stereocenters. The summed E-state index contributed by atoms with van der Waals surface area (Å²) in [5.41, 5.74) is 1.96. The molecule has 136 valence electrons. The molecule has 0 aliphatic rings. The Balaban J connectivity index is 1.88. The van der Waals surface area contributed by atoms with Crippen LogP contribution >= 0.6 is 0 Å². The van der Waals surface area contributed by atoms with Crippen molar-refractivity contribution in [1.29, 1.82) is 0 Å². The number of nitrogens with zero attached hydrogens (tertiary/aromatic N) is 1. The third-order valence-corrected chi connectivity index (χ3v) is 3.56. The van der Waals surface area contributed by atoms with Crippen LogP contribution in [-0.2, 0) is 16.0 Å². The summed E-state index contributed by atoms with van der Waals surface area (Å²) in [5.74, 6) is 0.0124. The molecule has 2 N–H and O–H groups in total. The van der Waals surface area contributed by atoms with Crippen molar-refractivity contribution in [2.45, 2.75) is 26.7 Å². The van der Waals surface area contributed by atoms with Crippen molar-refractivity contribution in [2.75, 3.05) is 10.6 Å². The number of nitro groups is 1. The second-order valence-corrected chi connectivity index (χ2v) is 6.37. The van der Waals surface area contributed by atoms with Crippen molar-refractivity contribution >= 4 is 28.9 Å². The average Bonchev–Trinajstić information content (AvgIpc) is 2.56. The highest BCUT2D eigenvalue weighted by atomic mass is 16.6. The van der Waals surface area contributed by atoms with E-state index in [0.717, 1.165) is 0 Å². The second kappa shape index (κ2) is 8.75. The van der Waals surface area contributed by atoms with E-state index in [1.807, 2.05) is 13.8 Å². The molecular formula is C19H21N3O4. The largest absolute Gasteiger partial charge is 0.326 e. The van der Waals surface area contributed by atoms with Gasteiger partial charge in [-0.15, -0.1) is 0 Å². The lowest BCUT2D eigenvalue weighted by Gasteiger charge is -2.09. The molecular weight excluding hydrogens is 334 g/mol. The van der Waals surface area contributed by atoms with Gasteiger partial charge in [-0.25, -0.2) is 0 Å². The van der Waals surface area contributed by atoms with E-state index in [-0.39, 0.29) is 29.8 Å². The molecule has 0 bridgehead atoms. The fourth-order valence-corrected chi connectivity index (χ4v) is 2.35. The third-order valence-electron chi connectivity index (χ3n) is 3.56. The number of non-ortho nitro benzene ring substituents is 1. The predicted octanol–water partition coefficient (Wildman–Crippen LogP) is 3.76. The summed E-state index contributed by atoms with van der Waals surface area (Å²) in [6.45, 7) is 3.95. The molecule has 0 atom stereocenters. The summed E-state index contributed by atoms with van der Waals surface area (Å²) in [6, 6.07) is 12.7. The summed E-state index contributed by atoms with van der Waals surface area (Å²) < 4.78 is 0. The predicted molar refractivity (Wildman–Crippen MR) is 100.0 cm³/mol. The summed E-state index contributed by atoms with van der Waals surface area (Å²) >= 11 is 0. The Bertz CT molecular complexity index is 783. The van der Waals surface area contributed by atoms with Crippen LogP contribution in [0.4, 0.5) is 17.1 Å². The standard InChI is InChI=1S/C19H21N3O4/c1-13(2)11-18(23)20-15-5-7-16(8-6-15)21-19(24)12-14-3-9-17(10-4-14)22(25)26/h3-10,13H,11-12H2,1-2H3,(H,20,23)(H,21,24). The summed E-state index contributed by atoms with van der Waals surface area (Å²) in [7, 11) is 0. The number of nitrogens with one attached hydrogen (secondary N) is 2. The highest BCUT2D eigenvalue weighted by Gasteiger charge is 2.09. The first-order valence-electron chi connectivity index (χ1n) is 8.26. The van der Waals surface area contributed by atoms with Gasteiger partial charge in [-0.2, -0.15) is 0 Å². The van der Waals surface area contributed by atoms with Gasteiger partial charge in [-0.3, -0.25) is 19.7 Å². The average molecular weight is 355 g/mol. The van der Waals surface area contributed by atoms with Gasteiger partial charge in [-0.05, 0) is 35.7 Å². The van der Waals surface area contributed by atoms with Crippen LogP contribution in [-0.4, -0.2) is 16.7 Å². The zero-order chi connectivity index (χ0) is 19.1. The zero-order valence-electron chi connectivity index (χ0n) is 14.7. The molecule has 0 aliphatic carbocycles. The van der Waals surface area contributed by atoms with Crippen molar-refractivity contribution in [2.24, 2.45) is 5.92 Å². The SMILES string of the molecule is CC(C)CC(=O)Nc1ccc(NC(=O)Cc2ccc([N+](=O)[O-])cc2)cc1. The van der Waals surface area contributed by atoms with Gasteiger partial charge < -0.3 is 10.6 Å². The Morgan fingerprint density at radius 1 is 0.923 bits per heavy atom. The number of rotatable bonds is 7. The maximum Gasteiger partial charge on any atom is 0.269 e. The summed E-state index contributed by atoms with van der Waals surface area (Å²) in [6.07, 6.45) is 0.568. The van der Waals surface area contributed by atoms with Gasteiger partial charge in [-0.1, -0.05) is 26.0 Å². The van der Waals surface area contributed by atoms with Crippen LogP contribution in [0.1, 0.15) is 25.8 Å². The van der Waals surface area contributed by atoms with Gasteiger partial charge >= 0.3 is 0 Å². The maximum absolute atomic E-state index is 12.1. The molecule has 2 aromatic rings. The van der Waals surface area contributed by atoms with Crippen LogP contribution in [0.15, 0.2) is 48.5 Å². The van der Waals surface area contributed by atoms with E-state index in [1.54, 1.807) is 36.4 Å². The van der Waals surface area contributed by atoms with Crippen LogP contribution in [0.2, 0.25) is 0 Å². The van der Waals surface area contributed by atoms with Gasteiger partial charge in [0.05, 0.1) is 11.3 Å². The first kappa shape index (κ1) is 19.1. The van der Waals surface area contributed by atoms with E-state index >= 15 is 0 Å². The first-order chi connectivity index (χ1) is 12.3. The molecule has 0 aliphatic heterocycles. The summed E-state index contributed by atoms with van der Waals surface area (Å²) in [4.78, 5) is 33.9. The van der Waals surface area contributed by atoms with E-state index in [4.69, 9.17) is 0 Å². The van der Waals surface area contributed by atoms with Crippen LogP contribution in [0, 0.1) is 16.0 Å². The quantitative estimate of drug-likeness (QED) is 0.583. The molecule has 2 rings (SSSR count). The Hall–Kier alpha value is -3.22. The highest BCUT2D eigenvalue weighted by molar-refractivity contribution is 5.93. The molecule has 0 fully saturated rings. The maximum atomic E-state index is 12.1. The van der Waals surface area contributed by atoms with E-state index in [0.29, 0.717) is 23.4 Å². The van der Waals surface area contributed by atoms with E-state index in [1.165, 1.54) is 12.1 Å². The van der Waals surface area contributed by atoms with Crippen molar-refractivity contribution in [1.82, 2.24) is 0 Å². The van der Waals surface area contributed by atoms with Crippen LogP contribution < -0.4 is 10.6 Å². The van der Waals surface area contributed by atoms with Crippen molar-refractivity contribution in [3.63, 3.8) is 0 Å². The van der Waals surface area contributed by atoms with Crippen molar-refractivity contribution in [3.05, 3.63) is 64.2 Å². The number of carbonyl (C=O) groups is 2. The molecule has 0 radical (unpaired) electrons. The fraction of sp³-hybridized carbons (Fsp3) is 0.263. The van der Waals surface area contributed by atoms with Crippen LogP contribution in [0.3, 0.4) is 0 Å². The molecule has 0 spiro atoms. The number of hydrogen-bond donors (Lipinski definition) is 2. The first-order valence-corrected chi connectivity index (χ1v) is 8.26. The van der Waals surface area contributed by atoms with E-state index in [2.05, 4.69) is 10.6 Å². The van der Waals surface area contributed by atoms with Gasteiger partial charge in [0.2, 0.25) is 11.8 Å². The Labute approximate surface area is 151 Å². The molecule has 0 saturated heterocycles. The molecule has 2 amide bonds. The number of anilines is 2. The van der Waals surface area contributed by atoms with Crippen LogP contribution in [0.25, 0.3) is 0 Å². The fourth-order valence-electron chi connectivity index (χ4n) is 2.35. The number of amides is 2. The summed E-state index contributed by atoms with van der Waals surface area (Å²) in [5, 5.41) is 16.2. The van der Waals surface area contributed by atoms with Crippen molar-refractivity contribution in [3.8, 4) is 0 Å². The minimum Gasteiger partial charge on any atom is -0.326 e. The minimum atomic E-state index is -0.481. The Morgan fingerprint density at radius 2 is 1.42 bits per heavy atom. The number of benzene rings is 2. The number of nitro benzene ring substituents is 1. The zero-order valence-corrected chi connectivity index (χ0v) is 14.7. The van der Waals surface area contributed by atoms with Gasteiger partial charge in [0, 0.05) is 29.9 Å². The molecule has 26 heavy (non-hydrogen) atoms. The second-order valence-electron chi connectivity index (χ2n) is 6.37. The topological polar surface area (TPSA) is 101 Å². The minimum absolute atomic E-state index is 0.00994. The monoisotopic (exact) mass is 355 g/mol. The molecule has 0 saturated carbocycles. The number of hydrogen-bond acceptors (Lipinski definition) is 4. The molecule has 7 nitrogen and oxygen atoms in total.